The van der Waals surface area contributed by atoms with Crippen LogP contribution in [0.4, 0.5) is 8.78 Å². The van der Waals surface area contributed by atoms with Crippen LogP contribution < -0.4 is 0 Å². The Morgan fingerprint density at radius 2 is 2.10 bits per heavy atom. The molecule has 4 unspecified atom stereocenters. The molecule has 4 atom stereocenters. The van der Waals surface area contributed by atoms with Crippen LogP contribution in [0.5, 0.6) is 0 Å². The summed E-state index contributed by atoms with van der Waals surface area (Å²) >= 11 is 0. The molecule has 0 heterocycles. The van der Waals surface area contributed by atoms with Crippen molar-refractivity contribution in [2.75, 3.05) is 0 Å². The molecule has 0 radical (unpaired) electrons. The van der Waals surface area contributed by atoms with Crippen LogP contribution in [-0.2, 0) is 4.79 Å². The quantitative estimate of drug-likeness (QED) is 0.846. The summed E-state index contributed by atoms with van der Waals surface area (Å²) in [6.07, 6.45) is 4.08. The van der Waals surface area contributed by atoms with Gasteiger partial charge in [0.2, 0.25) is 0 Å². The Morgan fingerprint density at radius 1 is 1.30 bits per heavy atom. The van der Waals surface area contributed by atoms with Gasteiger partial charge in [0.15, 0.2) is 5.78 Å². The van der Waals surface area contributed by atoms with E-state index in [0.29, 0.717) is 11.8 Å². The molecular formula is C16H15F2NO. The lowest BCUT2D eigenvalue weighted by Gasteiger charge is -2.22. The maximum absolute atomic E-state index is 13.8. The maximum Gasteiger partial charge on any atom is 0.157 e. The minimum Gasteiger partial charge on any atom is -0.298 e. The second-order valence-electron chi connectivity index (χ2n) is 5.91. The lowest BCUT2D eigenvalue weighted by molar-refractivity contribution is -0.124. The van der Waals surface area contributed by atoms with E-state index in [1.807, 2.05) is 6.07 Å². The van der Waals surface area contributed by atoms with Crippen molar-refractivity contribution < 1.29 is 13.6 Å². The SMILES string of the molecule is N#CC(C(=O)C1CC2CCC1C2)c1ccc(F)cc1F. The van der Waals surface area contributed by atoms with Gasteiger partial charge in [0.25, 0.3) is 0 Å². The summed E-state index contributed by atoms with van der Waals surface area (Å²) in [5.74, 6) is -1.99. The molecule has 2 aliphatic carbocycles. The molecule has 104 valence electrons. The van der Waals surface area contributed by atoms with Crippen molar-refractivity contribution in [1.29, 1.82) is 5.26 Å². The molecule has 0 N–H and O–H groups in total. The predicted molar refractivity (Wildman–Crippen MR) is 68.7 cm³/mol. The van der Waals surface area contributed by atoms with Gasteiger partial charge in [-0.2, -0.15) is 5.26 Å². The van der Waals surface area contributed by atoms with E-state index in [9.17, 15) is 18.8 Å². The second-order valence-corrected chi connectivity index (χ2v) is 5.91. The minimum atomic E-state index is -1.11. The first-order chi connectivity index (χ1) is 9.60. The van der Waals surface area contributed by atoms with Crippen molar-refractivity contribution in [1.82, 2.24) is 0 Å². The molecule has 20 heavy (non-hydrogen) atoms. The van der Waals surface area contributed by atoms with Crippen molar-refractivity contribution in [3.63, 3.8) is 0 Å². The first kappa shape index (κ1) is 13.2. The molecule has 2 aliphatic rings. The molecule has 0 amide bonds. The summed E-state index contributed by atoms with van der Waals surface area (Å²) in [4.78, 5) is 12.5. The van der Waals surface area contributed by atoms with Crippen LogP contribution in [0.3, 0.4) is 0 Å². The smallest absolute Gasteiger partial charge is 0.157 e. The van der Waals surface area contributed by atoms with E-state index in [4.69, 9.17) is 0 Å². The van der Waals surface area contributed by atoms with E-state index in [0.717, 1.165) is 37.8 Å². The van der Waals surface area contributed by atoms with Crippen LogP contribution in [0.1, 0.15) is 37.2 Å². The number of benzene rings is 1. The largest absolute Gasteiger partial charge is 0.298 e. The van der Waals surface area contributed by atoms with E-state index < -0.39 is 17.6 Å². The van der Waals surface area contributed by atoms with Gasteiger partial charge in [-0.15, -0.1) is 0 Å². The van der Waals surface area contributed by atoms with Gasteiger partial charge in [0.05, 0.1) is 6.07 Å². The van der Waals surface area contributed by atoms with Gasteiger partial charge in [-0.25, -0.2) is 8.78 Å². The summed E-state index contributed by atoms with van der Waals surface area (Å²) in [6.45, 7) is 0. The number of halogens is 2. The molecule has 0 spiro atoms. The molecule has 0 saturated heterocycles. The molecule has 3 rings (SSSR count). The summed E-state index contributed by atoms with van der Waals surface area (Å²) in [7, 11) is 0. The molecule has 4 heteroatoms. The molecule has 2 fully saturated rings. The van der Waals surface area contributed by atoms with Gasteiger partial charge < -0.3 is 0 Å². The van der Waals surface area contributed by atoms with Gasteiger partial charge in [0, 0.05) is 17.5 Å². The summed E-state index contributed by atoms with van der Waals surface area (Å²) in [5, 5.41) is 9.24. The molecule has 0 aromatic heterocycles. The Hall–Kier alpha value is -1.76. The lowest BCUT2D eigenvalue weighted by Crippen LogP contribution is -2.26. The average molecular weight is 275 g/mol. The molecular weight excluding hydrogens is 260 g/mol. The number of fused-ring (bicyclic) bond motifs is 2. The number of rotatable bonds is 3. The summed E-state index contributed by atoms with van der Waals surface area (Å²) < 4.78 is 26.7. The van der Waals surface area contributed by atoms with Crippen LogP contribution >= 0.6 is 0 Å². The molecule has 2 bridgehead atoms. The maximum atomic E-state index is 13.8. The highest BCUT2D eigenvalue weighted by molar-refractivity contribution is 5.91. The average Bonchev–Trinajstić information content (AvgIpc) is 3.04. The molecule has 2 saturated carbocycles. The first-order valence-electron chi connectivity index (χ1n) is 6.98. The number of nitriles is 1. The zero-order valence-electron chi connectivity index (χ0n) is 11.0. The standard InChI is InChI=1S/C16H15F2NO/c17-11-3-4-12(15(18)7-11)14(8-19)16(20)13-6-9-1-2-10(13)5-9/h3-4,7,9-10,13-14H,1-2,5-6H2. The van der Waals surface area contributed by atoms with Crippen molar-refractivity contribution in [2.45, 2.75) is 31.6 Å². The van der Waals surface area contributed by atoms with Gasteiger partial charge in [0.1, 0.15) is 17.6 Å². The minimum absolute atomic E-state index is 0.00155. The monoisotopic (exact) mass is 275 g/mol. The van der Waals surface area contributed by atoms with Gasteiger partial charge in [-0.05, 0) is 37.2 Å². The zero-order chi connectivity index (χ0) is 14.3. The third-order valence-corrected chi connectivity index (χ3v) is 4.79. The number of nitrogens with zero attached hydrogens (tertiary/aromatic N) is 1. The highest BCUT2D eigenvalue weighted by Gasteiger charge is 2.45. The fourth-order valence-electron chi connectivity index (χ4n) is 3.83. The lowest BCUT2D eigenvalue weighted by atomic mass is 9.79. The molecule has 2 nitrogen and oxygen atoms in total. The van der Waals surface area contributed by atoms with Crippen LogP contribution in [0.15, 0.2) is 18.2 Å². The second kappa shape index (κ2) is 4.97. The Kier molecular flexibility index (Phi) is 3.29. The number of hydrogen-bond acceptors (Lipinski definition) is 2. The number of carbonyl (C=O) groups excluding carboxylic acids is 1. The third-order valence-electron chi connectivity index (χ3n) is 4.79. The molecule has 0 aliphatic heterocycles. The number of ketones is 1. The number of carbonyl (C=O) groups is 1. The number of hydrogen-bond donors (Lipinski definition) is 0. The van der Waals surface area contributed by atoms with Crippen molar-refractivity contribution in [3.8, 4) is 6.07 Å². The molecule has 1 aromatic carbocycles. The summed E-state index contributed by atoms with van der Waals surface area (Å²) in [6, 6.07) is 4.94. The Morgan fingerprint density at radius 3 is 2.65 bits per heavy atom. The number of Topliss-reactive ketones (excluding diaryl/α,β-unsaturated/α-hetero) is 1. The Balaban J connectivity index is 1.86. The van der Waals surface area contributed by atoms with E-state index in [1.165, 1.54) is 6.07 Å². The topological polar surface area (TPSA) is 40.9 Å². The van der Waals surface area contributed by atoms with Crippen LogP contribution in [0, 0.1) is 40.7 Å². The zero-order valence-corrected chi connectivity index (χ0v) is 11.0. The van der Waals surface area contributed by atoms with Crippen molar-refractivity contribution in [3.05, 3.63) is 35.4 Å². The van der Waals surface area contributed by atoms with Gasteiger partial charge in [-0.3, -0.25) is 4.79 Å². The van der Waals surface area contributed by atoms with E-state index in [-0.39, 0.29) is 17.3 Å². The Bertz CT molecular complexity index is 593. The predicted octanol–water partition coefficient (Wildman–Crippen LogP) is 3.58. The van der Waals surface area contributed by atoms with Crippen molar-refractivity contribution >= 4 is 5.78 Å². The fourth-order valence-corrected chi connectivity index (χ4v) is 3.83. The van der Waals surface area contributed by atoms with E-state index in [2.05, 4.69) is 0 Å². The highest BCUT2D eigenvalue weighted by Crippen LogP contribution is 2.50. The van der Waals surface area contributed by atoms with Crippen LogP contribution in [-0.4, -0.2) is 5.78 Å². The molecule has 1 aromatic rings. The van der Waals surface area contributed by atoms with Crippen LogP contribution in [0.25, 0.3) is 0 Å². The first-order valence-corrected chi connectivity index (χ1v) is 6.98. The normalized spacial score (nSPS) is 29.1. The van der Waals surface area contributed by atoms with Crippen molar-refractivity contribution in [2.24, 2.45) is 17.8 Å². The van der Waals surface area contributed by atoms with E-state index in [1.54, 1.807) is 0 Å². The van der Waals surface area contributed by atoms with E-state index >= 15 is 0 Å². The Labute approximate surface area is 116 Å². The third kappa shape index (κ3) is 2.11. The fraction of sp³-hybridized carbons (Fsp3) is 0.500. The van der Waals surface area contributed by atoms with Gasteiger partial charge >= 0.3 is 0 Å². The summed E-state index contributed by atoms with van der Waals surface area (Å²) in [5.41, 5.74) is 0.00155. The van der Waals surface area contributed by atoms with Crippen LogP contribution in [0.2, 0.25) is 0 Å². The highest BCUT2D eigenvalue weighted by atomic mass is 19.1. The van der Waals surface area contributed by atoms with Gasteiger partial charge in [-0.1, -0.05) is 12.5 Å².